The number of hydrogen-bond donors (Lipinski definition) is 0. The van der Waals surface area contributed by atoms with Crippen molar-refractivity contribution in [3.8, 4) is 5.82 Å². The number of hydrogen-bond acceptors (Lipinski definition) is 2. The first-order valence-electron chi connectivity index (χ1n) is 16.7. The van der Waals surface area contributed by atoms with Gasteiger partial charge in [-0.1, -0.05) is 127 Å². The van der Waals surface area contributed by atoms with Crippen LogP contribution in [-0.2, 0) is 5.41 Å². The van der Waals surface area contributed by atoms with E-state index < -0.39 is 5.41 Å². The molecule has 0 atom stereocenters. The van der Waals surface area contributed by atoms with Crippen LogP contribution in [-0.4, -0.2) is 18.9 Å². The fourth-order valence-electron chi connectivity index (χ4n) is 8.12. The van der Waals surface area contributed by atoms with Gasteiger partial charge in [-0.15, -0.1) is 0 Å². The maximum Gasteiger partial charge on any atom is 0.145 e. The van der Waals surface area contributed by atoms with Gasteiger partial charge in [0.05, 0.1) is 22.0 Å². The first-order chi connectivity index (χ1) is 24.3. The summed E-state index contributed by atoms with van der Waals surface area (Å²) in [6.07, 6.45) is 5.84. The molecule has 4 heterocycles. The first kappa shape index (κ1) is 27.6. The van der Waals surface area contributed by atoms with Crippen LogP contribution in [0.4, 0.5) is 0 Å². The van der Waals surface area contributed by atoms with E-state index in [-0.39, 0.29) is 0 Å². The van der Waals surface area contributed by atoms with E-state index in [4.69, 9.17) is 9.97 Å². The first-order valence-corrected chi connectivity index (χ1v) is 16.7. The van der Waals surface area contributed by atoms with E-state index >= 15 is 0 Å². The molecule has 4 aromatic heterocycles. The number of benzene rings is 6. The summed E-state index contributed by atoms with van der Waals surface area (Å²) in [5, 5.41) is 5.93. The normalized spacial score (nSPS) is 12.1. The van der Waals surface area contributed by atoms with Crippen LogP contribution in [0, 0.1) is 0 Å². The number of imidazole rings is 1. The van der Waals surface area contributed by atoms with Crippen LogP contribution in [0.2, 0.25) is 0 Å². The van der Waals surface area contributed by atoms with Crippen molar-refractivity contribution in [1.29, 1.82) is 0 Å². The lowest BCUT2D eigenvalue weighted by molar-refractivity contribution is 0.747. The van der Waals surface area contributed by atoms with Gasteiger partial charge in [-0.3, -0.25) is 8.97 Å². The Morgan fingerprint density at radius 2 is 0.980 bits per heavy atom. The number of aromatic nitrogens is 4. The number of rotatable bonds is 5. The molecule has 0 aliphatic rings. The van der Waals surface area contributed by atoms with Crippen LogP contribution in [0.25, 0.3) is 54.9 Å². The molecule has 0 fully saturated rings. The van der Waals surface area contributed by atoms with E-state index in [0.29, 0.717) is 0 Å². The lowest BCUT2D eigenvalue weighted by Gasteiger charge is -2.37. The van der Waals surface area contributed by atoms with Gasteiger partial charge in [0.2, 0.25) is 0 Å². The van der Waals surface area contributed by atoms with Gasteiger partial charge in [0.15, 0.2) is 0 Å². The predicted octanol–water partition coefficient (Wildman–Crippen LogP) is 10.5. The Kier molecular flexibility index (Phi) is 6.06. The summed E-state index contributed by atoms with van der Waals surface area (Å²) in [6.45, 7) is 0. The molecule has 0 N–H and O–H groups in total. The summed E-state index contributed by atoms with van der Waals surface area (Å²) >= 11 is 0. The van der Waals surface area contributed by atoms with Gasteiger partial charge in [0.1, 0.15) is 11.5 Å². The van der Waals surface area contributed by atoms with Crippen molar-refractivity contribution in [3.63, 3.8) is 0 Å². The van der Waals surface area contributed by atoms with Crippen molar-refractivity contribution in [2.45, 2.75) is 5.41 Å². The van der Waals surface area contributed by atoms with E-state index in [0.717, 1.165) is 33.4 Å². The van der Waals surface area contributed by atoms with E-state index in [1.54, 1.807) is 0 Å². The number of pyridine rings is 2. The highest BCUT2D eigenvalue weighted by Crippen LogP contribution is 2.48. The average molecular weight is 627 g/mol. The van der Waals surface area contributed by atoms with Gasteiger partial charge in [-0.25, -0.2) is 9.97 Å². The number of fused-ring (bicyclic) bond motifs is 9. The zero-order chi connectivity index (χ0) is 32.4. The highest BCUT2D eigenvalue weighted by Gasteiger charge is 2.39. The summed E-state index contributed by atoms with van der Waals surface area (Å²) in [4.78, 5) is 9.73. The Morgan fingerprint density at radius 1 is 0.388 bits per heavy atom. The maximum atomic E-state index is 4.90. The summed E-state index contributed by atoms with van der Waals surface area (Å²) in [7, 11) is 0. The van der Waals surface area contributed by atoms with Crippen LogP contribution < -0.4 is 0 Å². The Balaban J connectivity index is 1.36. The molecule has 0 radical (unpaired) electrons. The van der Waals surface area contributed by atoms with Crippen LogP contribution >= 0.6 is 0 Å². The minimum Gasteiger partial charge on any atom is -0.299 e. The molecule has 4 nitrogen and oxygen atoms in total. The summed E-state index contributed by atoms with van der Waals surface area (Å²) in [5.74, 6) is 0.898. The molecule has 0 unspecified atom stereocenters. The third-order valence-corrected chi connectivity index (χ3v) is 10.2. The monoisotopic (exact) mass is 626 g/mol. The molecular formula is C45H30N4. The van der Waals surface area contributed by atoms with E-state index in [1.807, 2.05) is 18.5 Å². The summed E-state index contributed by atoms with van der Waals surface area (Å²) in [6, 6.07) is 59.2. The van der Waals surface area contributed by atoms with Crippen LogP contribution in [0.15, 0.2) is 182 Å². The lowest BCUT2D eigenvalue weighted by atomic mass is 9.65. The van der Waals surface area contributed by atoms with Crippen molar-refractivity contribution in [3.05, 3.63) is 205 Å². The van der Waals surface area contributed by atoms with E-state index in [2.05, 4.69) is 173 Å². The van der Waals surface area contributed by atoms with Gasteiger partial charge >= 0.3 is 0 Å². The predicted molar refractivity (Wildman–Crippen MR) is 201 cm³/mol. The van der Waals surface area contributed by atoms with Gasteiger partial charge in [-0.2, -0.15) is 0 Å². The lowest BCUT2D eigenvalue weighted by Crippen LogP contribution is -2.31. The fourth-order valence-corrected chi connectivity index (χ4v) is 8.12. The third kappa shape index (κ3) is 3.98. The molecule has 10 aromatic rings. The van der Waals surface area contributed by atoms with E-state index in [9.17, 15) is 0 Å². The molecule has 6 aromatic carbocycles. The van der Waals surface area contributed by atoms with Crippen LogP contribution in [0.3, 0.4) is 0 Å². The second-order valence-electron chi connectivity index (χ2n) is 12.7. The van der Waals surface area contributed by atoms with Crippen molar-refractivity contribution in [1.82, 2.24) is 18.9 Å². The molecule has 10 rings (SSSR count). The molecular weight excluding hydrogens is 597 g/mol. The standard InChI is InChI=1S/C45H30N4/c1-3-13-31(14-4-1)45(32-15-5-2-6-16-32,33-22-24-35-36-17-7-9-19-40(36)48-28-27-47-44(48)39(35)29-33)34-23-25-38-37-18-8-10-20-41(37)49(42(38)30-34)43-21-11-12-26-46-43/h1-30H. The number of para-hydroxylation sites is 2. The van der Waals surface area contributed by atoms with Crippen LogP contribution in [0.5, 0.6) is 0 Å². The third-order valence-electron chi connectivity index (χ3n) is 10.2. The molecule has 0 saturated heterocycles. The molecule has 0 amide bonds. The molecule has 49 heavy (non-hydrogen) atoms. The fraction of sp³-hybridized carbons (Fsp3) is 0.0222. The average Bonchev–Trinajstić information content (AvgIpc) is 3.80. The van der Waals surface area contributed by atoms with Gasteiger partial charge in [0, 0.05) is 40.1 Å². The summed E-state index contributed by atoms with van der Waals surface area (Å²) in [5.41, 5.74) is 8.46. The molecule has 0 aliphatic heterocycles. The molecule has 0 spiro atoms. The second kappa shape index (κ2) is 10.8. The van der Waals surface area contributed by atoms with E-state index in [1.165, 1.54) is 43.8 Å². The van der Waals surface area contributed by atoms with Crippen molar-refractivity contribution >= 4 is 49.1 Å². The zero-order valence-corrected chi connectivity index (χ0v) is 26.6. The smallest absolute Gasteiger partial charge is 0.145 e. The summed E-state index contributed by atoms with van der Waals surface area (Å²) < 4.78 is 4.51. The highest BCUT2D eigenvalue weighted by atomic mass is 15.1. The topological polar surface area (TPSA) is 35.1 Å². The van der Waals surface area contributed by atoms with Gasteiger partial charge < -0.3 is 0 Å². The van der Waals surface area contributed by atoms with Gasteiger partial charge in [-0.05, 0) is 64.0 Å². The molecule has 4 heteroatoms. The zero-order valence-electron chi connectivity index (χ0n) is 26.6. The quantitative estimate of drug-likeness (QED) is 0.141. The molecule has 230 valence electrons. The molecule has 0 saturated carbocycles. The largest absolute Gasteiger partial charge is 0.299 e. The minimum atomic E-state index is -0.647. The Hall–Kier alpha value is -6.52. The second-order valence-corrected chi connectivity index (χ2v) is 12.7. The van der Waals surface area contributed by atoms with Crippen molar-refractivity contribution < 1.29 is 0 Å². The molecule has 0 aliphatic carbocycles. The Bertz CT molecular complexity index is 2780. The van der Waals surface area contributed by atoms with Gasteiger partial charge in [0.25, 0.3) is 0 Å². The molecule has 0 bridgehead atoms. The van der Waals surface area contributed by atoms with Crippen LogP contribution in [0.1, 0.15) is 22.3 Å². The number of nitrogens with zero attached hydrogens (tertiary/aromatic N) is 4. The highest BCUT2D eigenvalue weighted by molar-refractivity contribution is 6.12. The Morgan fingerprint density at radius 3 is 1.69 bits per heavy atom. The minimum absolute atomic E-state index is 0.647. The van der Waals surface area contributed by atoms with Crippen molar-refractivity contribution in [2.75, 3.05) is 0 Å². The van der Waals surface area contributed by atoms with Crippen molar-refractivity contribution in [2.24, 2.45) is 0 Å². The Labute approximate surface area is 283 Å². The maximum absolute atomic E-state index is 4.90. The SMILES string of the molecule is c1ccc(C(c2ccccc2)(c2ccc3c4ccccc4n4ccnc4c3c2)c2ccc3c4ccccc4n(-c4ccccn4)c3c2)cc1.